The van der Waals surface area contributed by atoms with Crippen LogP contribution in [0, 0.1) is 5.82 Å². The second-order valence-corrected chi connectivity index (χ2v) is 4.24. The van der Waals surface area contributed by atoms with Crippen molar-refractivity contribution in [3.8, 4) is 5.75 Å². The van der Waals surface area contributed by atoms with E-state index in [0.717, 1.165) is 17.9 Å². The summed E-state index contributed by atoms with van der Waals surface area (Å²) in [7, 11) is 0. The van der Waals surface area contributed by atoms with Gasteiger partial charge in [0.1, 0.15) is 23.9 Å². The van der Waals surface area contributed by atoms with Crippen molar-refractivity contribution in [1.29, 1.82) is 0 Å². The zero-order valence-electron chi connectivity index (χ0n) is 10.9. The molecule has 0 bridgehead atoms. The number of halogens is 4. The van der Waals surface area contributed by atoms with E-state index in [1.807, 2.05) is 0 Å². The van der Waals surface area contributed by atoms with Gasteiger partial charge in [0.15, 0.2) is 0 Å². The van der Waals surface area contributed by atoms with Gasteiger partial charge in [0.25, 0.3) is 0 Å². The van der Waals surface area contributed by atoms with Crippen molar-refractivity contribution in [3.05, 3.63) is 53.7 Å². The zero-order chi connectivity index (χ0) is 15.3. The molecule has 0 aliphatic carbocycles. The SMILES string of the molecule is Fc1ccc(OCCNCc2ccco2)cc1C(F)(F)F. The van der Waals surface area contributed by atoms with E-state index in [1.54, 1.807) is 18.4 Å². The molecule has 2 aromatic rings. The van der Waals surface area contributed by atoms with E-state index in [2.05, 4.69) is 5.32 Å². The van der Waals surface area contributed by atoms with Crippen LogP contribution in [0.3, 0.4) is 0 Å². The molecule has 0 saturated heterocycles. The summed E-state index contributed by atoms with van der Waals surface area (Å²) in [4.78, 5) is 0. The molecule has 7 heteroatoms. The first kappa shape index (κ1) is 15.4. The van der Waals surface area contributed by atoms with Gasteiger partial charge in [-0.2, -0.15) is 13.2 Å². The fraction of sp³-hybridized carbons (Fsp3) is 0.286. The monoisotopic (exact) mass is 303 g/mol. The summed E-state index contributed by atoms with van der Waals surface area (Å²) in [5.74, 6) is -0.592. The molecule has 1 heterocycles. The van der Waals surface area contributed by atoms with E-state index < -0.39 is 17.6 Å². The summed E-state index contributed by atoms with van der Waals surface area (Å²) in [5.41, 5.74) is -1.33. The third-order valence-electron chi connectivity index (χ3n) is 2.67. The van der Waals surface area contributed by atoms with Crippen LogP contribution in [0.2, 0.25) is 0 Å². The predicted octanol–water partition coefficient (Wildman–Crippen LogP) is 3.61. The molecule has 0 aliphatic heterocycles. The first-order valence-corrected chi connectivity index (χ1v) is 6.19. The maximum atomic E-state index is 13.1. The maximum Gasteiger partial charge on any atom is 0.419 e. The van der Waals surface area contributed by atoms with E-state index in [9.17, 15) is 17.6 Å². The molecular formula is C14H13F4NO2. The van der Waals surface area contributed by atoms with E-state index in [0.29, 0.717) is 19.2 Å². The Morgan fingerprint density at radius 2 is 2.00 bits per heavy atom. The highest BCUT2D eigenvalue weighted by molar-refractivity contribution is 5.31. The van der Waals surface area contributed by atoms with E-state index in [4.69, 9.17) is 9.15 Å². The van der Waals surface area contributed by atoms with Gasteiger partial charge in [-0.15, -0.1) is 0 Å². The Labute approximate surface area is 118 Å². The lowest BCUT2D eigenvalue weighted by atomic mass is 10.2. The van der Waals surface area contributed by atoms with Crippen LogP contribution in [-0.4, -0.2) is 13.2 Å². The third kappa shape index (κ3) is 4.49. The van der Waals surface area contributed by atoms with Crippen LogP contribution < -0.4 is 10.1 Å². The third-order valence-corrected chi connectivity index (χ3v) is 2.67. The second kappa shape index (κ2) is 6.62. The Hall–Kier alpha value is -2.02. The molecule has 0 unspecified atom stereocenters. The summed E-state index contributed by atoms with van der Waals surface area (Å²) in [5, 5.41) is 3.00. The number of ether oxygens (including phenoxy) is 1. The largest absolute Gasteiger partial charge is 0.492 e. The average molecular weight is 303 g/mol. The van der Waals surface area contributed by atoms with Gasteiger partial charge < -0.3 is 14.5 Å². The highest BCUT2D eigenvalue weighted by atomic mass is 19.4. The molecule has 1 N–H and O–H groups in total. The number of hydrogen-bond acceptors (Lipinski definition) is 3. The molecule has 2 rings (SSSR count). The van der Waals surface area contributed by atoms with Crippen LogP contribution in [0.25, 0.3) is 0 Å². The van der Waals surface area contributed by atoms with Gasteiger partial charge in [-0.25, -0.2) is 4.39 Å². The number of furan rings is 1. The molecular weight excluding hydrogens is 290 g/mol. The summed E-state index contributed by atoms with van der Waals surface area (Å²) >= 11 is 0. The van der Waals surface area contributed by atoms with Crippen molar-refractivity contribution >= 4 is 0 Å². The van der Waals surface area contributed by atoms with Crippen molar-refractivity contribution in [2.24, 2.45) is 0 Å². The van der Waals surface area contributed by atoms with E-state index in [1.165, 1.54) is 0 Å². The normalized spacial score (nSPS) is 11.6. The number of alkyl halides is 3. The zero-order valence-corrected chi connectivity index (χ0v) is 10.9. The fourth-order valence-electron chi connectivity index (χ4n) is 1.68. The lowest BCUT2D eigenvalue weighted by Crippen LogP contribution is -2.20. The number of benzene rings is 1. The van der Waals surface area contributed by atoms with Crippen molar-refractivity contribution in [2.45, 2.75) is 12.7 Å². The summed E-state index contributed by atoms with van der Waals surface area (Å²) in [6.45, 7) is 1.07. The molecule has 0 aliphatic rings. The lowest BCUT2D eigenvalue weighted by molar-refractivity contribution is -0.140. The van der Waals surface area contributed by atoms with Crippen molar-refractivity contribution < 1.29 is 26.7 Å². The van der Waals surface area contributed by atoms with Gasteiger partial charge >= 0.3 is 6.18 Å². The number of hydrogen-bond donors (Lipinski definition) is 1. The minimum absolute atomic E-state index is 0.0245. The molecule has 0 amide bonds. The Morgan fingerprint density at radius 1 is 1.19 bits per heavy atom. The van der Waals surface area contributed by atoms with Crippen molar-refractivity contribution in [1.82, 2.24) is 5.32 Å². The fourth-order valence-corrected chi connectivity index (χ4v) is 1.68. The molecule has 0 atom stereocenters. The molecule has 1 aromatic carbocycles. The lowest BCUT2D eigenvalue weighted by Gasteiger charge is -2.11. The molecule has 21 heavy (non-hydrogen) atoms. The van der Waals surface area contributed by atoms with Crippen LogP contribution in [-0.2, 0) is 12.7 Å². The minimum Gasteiger partial charge on any atom is -0.492 e. The van der Waals surface area contributed by atoms with Gasteiger partial charge in [-0.1, -0.05) is 0 Å². The van der Waals surface area contributed by atoms with Crippen LogP contribution in [0.5, 0.6) is 5.75 Å². The molecule has 1 aromatic heterocycles. The van der Waals surface area contributed by atoms with Gasteiger partial charge in [-0.3, -0.25) is 0 Å². The van der Waals surface area contributed by atoms with Gasteiger partial charge in [0.05, 0.1) is 18.4 Å². The van der Waals surface area contributed by atoms with Crippen LogP contribution in [0.1, 0.15) is 11.3 Å². The number of nitrogens with one attached hydrogen (secondary N) is 1. The van der Waals surface area contributed by atoms with Crippen LogP contribution >= 0.6 is 0 Å². The van der Waals surface area contributed by atoms with Crippen molar-refractivity contribution in [2.75, 3.05) is 13.2 Å². The summed E-state index contributed by atoms with van der Waals surface area (Å²) < 4.78 is 60.8. The van der Waals surface area contributed by atoms with Crippen LogP contribution in [0.15, 0.2) is 41.0 Å². The van der Waals surface area contributed by atoms with Gasteiger partial charge in [-0.05, 0) is 30.3 Å². The van der Waals surface area contributed by atoms with Crippen molar-refractivity contribution in [3.63, 3.8) is 0 Å². The molecule has 0 saturated carbocycles. The summed E-state index contributed by atoms with van der Waals surface area (Å²) in [6, 6.07) is 6.11. The molecule has 0 radical (unpaired) electrons. The minimum atomic E-state index is -4.74. The number of rotatable bonds is 6. The average Bonchev–Trinajstić information content (AvgIpc) is 2.92. The standard InChI is InChI=1S/C14H13F4NO2/c15-13-4-3-10(8-12(13)14(16,17)18)21-7-5-19-9-11-2-1-6-20-11/h1-4,6,8,19H,5,7,9H2. The molecule has 0 fully saturated rings. The topological polar surface area (TPSA) is 34.4 Å². The van der Waals surface area contributed by atoms with E-state index >= 15 is 0 Å². The highest BCUT2D eigenvalue weighted by Gasteiger charge is 2.34. The molecule has 0 spiro atoms. The Balaban J connectivity index is 1.80. The van der Waals surface area contributed by atoms with E-state index in [-0.39, 0.29) is 12.4 Å². The first-order chi connectivity index (χ1) is 9.97. The van der Waals surface area contributed by atoms with Gasteiger partial charge in [0.2, 0.25) is 0 Å². The predicted molar refractivity (Wildman–Crippen MR) is 67.3 cm³/mol. The molecule has 3 nitrogen and oxygen atoms in total. The quantitative estimate of drug-likeness (QED) is 0.654. The first-order valence-electron chi connectivity index (χ1n) is 6.19. The Kier molecular flexibility index (Phi) is 4.85. The van der Waals surface area contributed by atoms with Gasteiger partial charge in [0, 0.05) is 6.54 Å². The highest BCUT2D eigenvalue weighted by Crippen LogP contribution is 2.33. The Morgan fingerprint density at radius 3 is 2.67 bits per heavy atom. The summed E-state index contributed by atoms with van der Waals surface area (Å²) in [6.07, 6.45) is -3.19. The Bertz CT molecular complexity index is 567. The smallest absolute Gasteiger partial charge is 0.419 e. The van der Waals surface area contributed by atoms with Crippen LogP contribution in [0.4, 0.5) is 17.6 Å². The second-order valence-electron chi connectivity index (χ2n) is 4.24. The maximum absolute atomic E-state index is 13.1. The molecule has 114 valence electrons.